The van der Waals surface area contributed by atoms with Crippen molar-refractivity contribution >= 4 is 15.8 Å². The van der Waals surface area contributed by atoms with Crippen molar-refractivity contribution in [3.63, 3.8) is 0 Å². The predicted octanol–water partition coefficient (Wildman–Crippen LogP) is 4.74. The smallest absolute Gasteiger partial charge is 0.240 e. The molecule has 2 N–H and O–H groups in total. The third kappa shape index (κ3) is 5.83. The molecule has 0 spiro atoms. The number of ether oxygens (including phenoxy) is 2. The maximum absolute atomic E-state index is 13.1. The maximum atomic E-state index is 13.1. The molecule has 184 valence electrons. The quantitative estimate of drug-likeness (QED) is 0.416. The summed E-state index contributed by atoms with van der Waals surface area (Å²) in [5, 5.41) is 10.5. The molecule has 35 heavy (non-hydrogen) atoms. The second-order valence-corrected chi connectivity index (χ2v) is 10.5. The van der Waals surface area contributed by atoms with Crippen LogP contribution in [0, 0.1) is 6.92 Å². The van der Waals surface area contributed by atoms with Crippen molar-refractivity contribution in [2.75, 3.05) is 7.05 Å². The first-order chi connectivity index (χ1) is 16.8. The minimum Gasteiger partial charge on any atom is -0.507 e. The van der Waals surface area contributed by atoms with Gasteiger partial charge in [0.1, 0.15) is 23.9 Å². The summed E-state index contributed by atoms with van der Waals surface area (Å²) in [4.78, 5) is 13.3. The van der Waals surface area contributed by atoms with E-state index in [2.05, 4.69) is 4.72 Å². The van der Waals surface area contributed by atoms with Crippen LogP contribution in [0.1, 0.15) is 52.7 Å². The molecule has 0 aliphatic heterocycles. The third-order valence-corrected chi connectivity index (χ3v) is 7.60. The predicted molar refractivity (Wildman–Crippen MR) is 133 cm³/mol. The first kappa shape index (κ1) is 24.8. The first-order valence-corrected chi connectivity index (χ1v) is 13.1. The molecule has 1 aliphatic rings. The summed E-state index contributed by atoms with van der Waals surface area (Å²) < 4.78 is 37.7. The number of hydrogen-bond acceptors (Lipinski definition) is 6. The van der Waals surface area contributed by atoms with E-state index in [0.717, 1.165) is 31.2 Å². The molecule has 1 aliphatic carbocycles. The van der Waals surface area contributed by atoms with Gasteiger partial charge in [0.25, 0.3) is 0 Å². The Hall–Kier alpha value is -3.36. The van der Waals surface area contributed by atoms with Crippen LogP contribution in [-0.2, 0) is 16.6 Å². The van der Waals surface area contributed by atoms with Gasteiger partial charge in [-0.3, -0.25) is 4.79 Å². The van der Waals surface area contributed by atoms with Gasteiger partial charge in [0, 0.05) is 11.6 Å². The molecule has 0 heterocycles. The fraction of sp³-hybridized carbons (Fsp3) is 0.296. The summed E-state index contributed by atoms with van der Waals surface area (Å²) in [7, 11) is -2.12. The first-order valence-electron chi connectivity index (χ1n) is 11.6. The normalized spacial score (nSPS) is 14.1. The van der Waals surface area contributed by atoms with Crippen molar-refractivity contribution in [2.24, 2.45) is 0 Å². The minimum absolute atomic E-state index is 0.103. The molecule has 0 unspecified atom stereocenters. The van der Waals surface area contributed by atoms with Gasteiger partial charge in [-0.05, 0) is 93.2 Å². The van der Waals surface area contributed by atoms with Gasteiger partial charge in [-0.15, -0.1) is 0 Å². The Bertz CT molecular complexity index is 1310. The Kier molecular flexibility index (Phi) is 7.42. The zero-order valence-electron chi connectivity index (χ0n) is 19.8. The zero-order chi connectivity index (χ0) is 25.0. The SMILES string of the molecule is CNS(=O)(=O)c1ccc(COc2ccc(C(=O)c3ccc(OC4CCCC4)cc3O)c(C)c2)cc1. The lowest BCUT2D eigenvalue weighted by Crippen LogP contribution is -2.18. The topological polar surface area (TPSA) is 102 Å². The number of hydrogen-bond donors (Lipinski definition) is 2. The molecule has 0 atom stereocenters. The van der Waals surface area contributed by atoms with E-state index in [1.807, 2.05) is 6.92 Å². The van der Waals surface area contributed by atoms with Crippen molar-refractivity contribution in [2.45, 2.75) is 50.2 Å². The van der Waals surface area contributed by atoms with Crippen LogP contribution in [0.15, 0.2) is 65.6 Å². The number of aromatic hydroxyl groups is 1. The van der Waals surface area contributed by atoms with Crippen molar-refractivity contribution in [1.82, 2.24) is 4.72 Å². The molecule has 1 fully saturated rings. The number of phenolic OH excluding ortho intramolecular Hbond substituents is 1. The average Bonchev–Trinajstić information content (AvgIpc) is 3.36. The van der Waals surface area contributed by atoms with Crippen molar-refractivity contribution in [3.8, 4) is 17.2 Å². The van der Waals surface area contributed by atoms with E-state index in [-0.39, 0.29) is 34.7 Å². The fourth-order valence-electron chi connectivity index (χ4n) is 4.15. The van der Waals surface area contributed by atoms with Crippen molar-refractivity contribution in [3.05, 3.63) is 82.9 Å². The number of phenols is 1. The molecule has 0 saturated heterocycles. The number of rotatable bonds is 9. The lowest BCUT2D eigenvalue weighted by molar-refractivity contribution is 0.103. The Balaban J connectivity index is 1.41. The lowest BCUT2D eigenvalue weighted by Gasteiger charge is -2.14. The Morgan fingerprint density at radius 3 is 2.26 bits per heavy atom. The molecule has 0 aromatic heterocycles. The van der Waals surface area contributed by atoms with Crippen LogP contribution in [0.2, 0.25) is 0 Å². The summed E-state index contributed by atoms with van der Waals surface area (Å²) in [6.07, 6.45) is 4.50. The van der Waals surface area contributed by atoms with E-state index in [1.165, 1.54) is 25.2 Å². The average molecular weight is 496 g/mol. The Morgan fingerprint density at radius 1 is 0.971 bits per heavy atom. The summed E-state index contributed by atoms with van der Waals surface area (Å²) in [6.45, 7) is 2.06. The maximum Gasteiger partial charge on any atom is 0.240 e. The summed E-state index contributed by atoms with van der Waals surface area (Å²) >= 11 is 0. The number of carbonyl (C=O) groups is 1. The van der Waals surface area contributed by atoms with Crippen LogP contribution in [0.5, 0.6) is 17.2 Å². The number of sulfonamides is 1. The molecule has 0 radical (unpaired) electrons. The molecular weight excluding hydrogens is 466 g/mol. The number of nitrogens with one attached hydrogen (secondary N) is 1. The summed E-state index contributed by atoms with van der Waals surface area (Å²) in [5.74, 6) is 0.771. The second kappa shape index (κ2) is 10.5. The van der Waals surface area contributed by atoms with Crippen molar-refractivity contribution in [1.29, 1.82) is 0 Å². The molecule has 0 bridgehead atoms. The largest absolute Gasteiger partial charge is 0.507 e. The van der Waals surface area contributed by atoms with E-state index in [4.69, 9.17) is 9.47 Å². The second-order valence-electron chi connectivity index (χ2n) is 8.65. The van der Waals surface area contributed by atoms with E-state index < -0.39 is 10.0 Å². The number of aryl methyl sites for hydroxylation is 1. The summed E-state index contributed by atoms with van der Waals surface area (Å²) in [6, 6.07) is 16.4. The van der Waals surface area contributed by atoms with Gasteiger partial charge < -0.3 is 14.6 Å². The van der Waals surface area contributed by atoms with Crippen LogP contribution < -0.4 is 14.2 Å². The molecule has 8 heteroatoms. The van der Waals surface area contributed by atoms with Crippen LogP contribution >= 0.6 is 0 Å². The van der Waals surface area contributed by atoms with Crippen molar-refractivity contribution < 1.29 is 27.8 Å². The van der Waals surface area contributed by atoms with Gasteiger partial charge in [0.2, 0.25) is 10.0 Å². The van der Waals surface area contributed by atoms with Gasteiger partial charge in [-0.1, -0.05) is 12.1 Å². The molecule has 4 rings (SSSR count). The molecule has 7 nitrogen and oxygen atoms in total. The van der Waals surface area contributed by atoms with Gasteiger partial charge >= 0.3 is 0 Å². The van der Waals surface area contributed by atoms with E-state index >= 15 is 0 Å². The van der Waals surface area contributed by atoms with Gasteiger partial charge in [0.15, 0.2) is 5.78 Å². The third-order valence-electron chi connectivity index (χ3n) is 6.17. The molecule has 1 saturated carbocycles. The van der Waals surface area contributed by atoms with Crippen LogP contribution in [0.4, 0.5) is 0 Å². The van der Waals surface area contributed by atoms with E-state index in [0.29, 0.717) is 22.6 Å². The highest BCUT2D eigenvalue weighted by Gasteiger charge is 2.20. The van der Waals surface area contributed by atoms with Gasteiger partial charge in [0.05, 0.1) is 16.6 Å². The van der Waals surface area contributed by atoms with Crippen LogP contribution in [0.25, 0.3) is 0 Å². The number of carbonyl (C=O) groups excluding carboxylic acids is 1. The zero-order valence-corrected chi connectivity index (χ0v) is 20.6. The molecular formula is C27H29NO6S. The highest BCUT2D eigenvalue weighted by Crippen LogP contribution is 2.30. The minimum atomic E-state index is -3.48. The molecule has 0 amide bonds. The fourth-order valence-corrected chi connectivity index (χ4v) is 4.88. The van der Waals surface area contributed by atoms with Gasteiger partial charge in [-0.25, -0.2) is 13.1 Å². The Labute approximate surface area is 205 Å². The standard InChI is InChI=1S/C27H29NO6S/c1-18-15-21(33-17-19-7-11-23(12-8-19)35(31,32)28-2)9-13-24(18)27(30)25-14-10-22(16-26(25)29)34-20-5-3-4-6-20/h7-16,20,28-29H,3-6,17H2,1-2H3. The Morgan fingerprint density at radius 2 is 1.63 bits per heavy atom. The lowest BCUT2D eigenvalue weighted by atomic mass is 9.98. The van der Waals surface area contributed by atoms with Crippen LogP contribution in [-0.4, -0.2) is 32.5 Å². The van der Waals surface area contributed by atoms with Crippen LogP contribution in [0.3, 0.4) is 0 Å². The molecule has 3 aromatic rings. The monoisotopic (exact) mass is 495 g/mol. The highest BCUT2D eigenvalue weighted by molar-refractivity contribution is 7.89. The van der Waals surface area contributed by atoms with E-state index in [1.54, 1.807) is 42.5 Å². The molecule has 3 aromatic carbocycles. The highest BCUT2D eigenvalue weighted by atomic mass is 32.2. The van der Waals surface area contributed by atoms with Gasteiger partial charge in [-0.2, -0.15) is 0 Å². The summed E-state index contributed by atoms with van der Waals surface area (Å²) in [5.41, 5.74) is 2.22. The number of ketones is 1. The number of benzene rings is 3. The van der Waals surface area contributed by atoms with E-state index in [9.17, 15) is 18.3 Å².